The van der Waals surface area contributed by atoms with Gasteiger partial charge in [-0.1, -0.05) is 6.07 Å². The number of aromatic nitrogens is 1. The summed E-state index contributed by atoms with van der Waals surface area (Å²) in [6, 6.07) is 13.7. The van der Waals surface area contributed by atoms with Crippen molar-refractivity contribution >= 4 is 26.9 Å². The van der Waals surface area contributed by atoms with Crippen LogP contribution in [0.15, 0.2) is 47.5 Å². The van der Waals surface area contributed by atoms with Gasteiger partial charge in [-0.25, -0.2) is 22.1 Å². The van der Waals surface area contributed by atoms with E-state index in [2.05, 4.69) is 16.0 Å². The Hall–Kier alpha value is -3.38. The number of nitrogens with two attached hydrogens (primary N) is 1. The van der Waals surface area contributed by atoms with E-state index >= 15 is 0 Å². The van der Waals surface area contributed by atoms with Gasteiger partial charge in [-0.3, -0.25) is 0 Å². The van der Waals surface area contributed by atoms with E-state index in [1.54, 1.807) is 31.2 Å². The normalized spacial score (nSPS) is 21.0. The van der Waals surface area contributed by atoms with Crippen LogP contribution in [0.5, 0.6) is 0 Å². The Bertz CT molecular complexity index is 1320. The van der Waals surface area contributed by atoms with Crippen LogP contribution >= 0.6 is 0 Å². The minimum atomic E-state index is -3.72. The number of aromatic amines is 1. The lowest BCUT2D eigenvalue weighted by Crippen LogP contribution is -2.50. The number of fused-ring (bicyclic) bond motifs is 1. The van der Waals surface area contributed by atoms with E-state index in [1.807, 2.05) is 12.1 Å². The molecule has 9 heteroatoms. The molecular formula is C20H18FN5O2S. The third kappa shape index (κ3) is 3.11. The Labute approximate surface area is 167 Å². The number of guanidine groups is 1. The molecule has 0 unspecified atom stereocenters. The first-order chi connectivity index (χ1) is 13.6. The van der Waals surface area contributed by atoms with Gasteiger partial charge in [0.05, 0.1) is 17.4 Å². The van der Waals surface area contributed by atoms with Gasteiger partial charge in [0.25, 0.3) is 0 Å². The molecule has 0 aliphatic carbocycles. The van der Waals surface area contributed by atoms with Crippen molar-refractivity contribution in [3.63, 3.8) is 0 Å². The minimum absolute atomic E-state index is 0.144. The lowest BCUT2D eigenvalue weighted by atomic mass is 9.92. The number of aliphatic imine (C=N–C) groups is 1. The highest BCUT2D eigenvalue weighted by atomic mass is 32.2. The highest BCUT2D eigenvalue weighted by molar-refractivity contribution is 7.89. The first-order valence-corrected chi connectivity index (χ1v) is 10.4. The average Bonchev–Trinajstić information content (AvgIpc) is 3.09. The second-order valence-electron chi connectivity index (χ2n) is 7.26. The third-order valence-corrected chi connectivity index (χ3v) is 7.12. The summed E-state index contributed by atoms with van der Waals surface area (Å²) in [4.78, 5) is 7.50. The number of hydrogen-bond acceptors (Lipinski definition) is 5. The summed E-state index contributed by atoms with van der Waals surface area (Å²) in [7, 11) is -2.40. The fraction of sp³-hybridized carbons (Fsp3) is 0.200. The van der Waals surface area contributed by atoms with Crippen molar-refractivity contribution in [3.05, 3.63) is 59.4 Å². The Morgan fingerprint density at radius 2 is 2.03 bits per heavy atom. The fourth-order valence-electron chi connectivity index (χ4n) is 3.55. The number of hydrogen-bond donors (Lipinski definition) is 2. The van der Waals surface area contributed by atoms with Crippen molar-refractivity contribution in [2.75, 3.05) is 12.8 Å². The largest absolute Gasteiger partial charge is 0.369 e. The fourth-order valence-corrected chi connectivity index (χ4v) is 5.00. The van der Waals surface area contributed by atoms with Gasteiger partial charge in [-0.2, -0.15) is 5.26 Å². The Kier molecular flexibility index (Phi) is 4.13. The second kappa shape index (κ2) is 6.32. The molecule has 0 radical (unpaired) electrons. The van der Waals surface area contributed by atoms with E-state index in [1.165, 1.54) is 13.1 Å². The molecule has 1 aliphatic rings. The molecule has 148 valence electrons. The molecule has 1 atom stereocenters. The molecular weight excluding hydrogens is 393 g/mol. The maximum atomic E-state index is 14.7. The molecule has 0 bridgehead atoms. The number of nitriles is 1. The van der Waals surface area contributed by atoms with E-state index in [0.29, 0.717) is 16.8 Å². The summed E-state index contributed by atoms with van der Waals surface area (Å²) < 4.78 is 40.5. The Morgan fingerprint density at radius 3 is 2.72 bits per heavy atom. The van der Waals surface area contributed by atoms with Gasteiger partial charge < -0.3 is 10.7 Å². The van der Waals surface area contributed by atoms with Crippen LogP contribution in [0.1, 0.15) is 18.1 Å². The van der Waals surface area contributed by atoms with Gasteiger partial charge in [-0.05, 0) is 48.9 Å². The molecule has 2 heterocycles. The first kappa shape index (κ1) is 19.0. The van der Waals surface area contributed by atoms with E-state index < -0.39 is 27.1 Å². The van der Waals surface area contributed by atoms with Gasteiger partial charge in [0, 0.05) is 29.2 Å². The van der Waals surface area contributed by atoms with E-state index in [9.17, 15) is 12.8 Å². The van der Waals surface area contributed by atoms with Gasteiger partial charge in [0.2, 0.25) is 16.0 Å². The van der Waals surface area contributed by atoms with Gasteiger partial charge in [0.15, 0.2) is 0 Å². The maximum Gasteiger partial charge on any atom is 0.239 e. The SMILES string of the molecule is CN1C(N)=N[C@](C)(c2cc(-c3cc4ccc(C#N)cc4[nH]3)ccc2F)CS1(=O)=O. The zero-order valence-electron chi connectivity index (χ0n) is 15.8. The molecule has 3 aromatic rings. The summed E-state index contributed by atoms with van der Waals surface area (Å²) in [5.41, 5.74) is 7.27. The smallest absolute Gasteiger partial charge is 0.239 e. The van der Waals surface area contributed by atoms with E-state index in [4.69, 9.17) is 11.0 Å². The highest BCUT2D eigenvalue weighted by Crippen LogP contribution is 2.36. The van der Waals surface area contributed by atoms with Crippen molar-refractivity contribution in [3.8, 4) is 17.3 Å². The molecule has 0 amide bonds. The molecule has 4 rings (SSSR count). The van der Waals surface area contributed by atoms with Gasteiger partial charge >= 0.3 is 0 Å². The van der Waals surface area contributed by atoms with Crippen LogP contribution in [0, 0.1) is 17.1 Å². The van der Waals surface area contributed by atoms with Crippen LogP contribution in [0.4, 0.5) is 4.39 Å². The predicted molar refractivity (Wildman–Crippen MR) is 109 cm³/mol. The van der Waals surface area contributed by atoms with Crippen molar-refractivity contribution < 1.29 is 12.8 Å². The zero-order valence-corrected chi connectivity index (χ0v) is 16.6. The zero-order chi connectivity index (χ0) is 21.0. The summed E-state index contributed by atoms with van der Waals surface area (Å²) >= 11 is 0. The van der Waals surface area contributed by atoms with Crippen LogP contribution in [0.25, 0.3) is 22.2 Å². The van der Waals surface area contributed by atoms with Crippen LogP contribution in [-0.4, -0.2) is 36.5 Å². The predicted octanol–water partition coefficient (Wildman–Crippen LogP) is 2.65. The van der Waals surface area contributed by atoms with Crippen LogP contribution in [0.3, 0.4) is 0 Å². The number of nitrogens with one attached hydrogen (secondary N) is 1. The third-order valence-electron chi connectivity index (χ3n) is 5.17. The molecule has 0 fully saturated rings. The second-order valence-corrected chi connectivity index (χ2v) is 9.26. The Balaban J connectivity index is 1.84. The number of nitrogens with zero attached hydrogens (tertiary/aromatic N) is 3. The molecule has 7 nitrogen and oxygen atoms in total. The van der Waals surface area contributed by atoms with Crippen molar-refractivity contribution in [2.45, 2.75) is 12.5 Å². The number of H-pyrrole nitrogens is 1. The summed E-state index contributed by atoms with van der Waals surface area (Å²) in [5.74, 6) is -1.14. The lowest BCUT2D eigenvalue weighted by Gasteiger charge is -2.34. The molecule has 1 aliphatic heterocycles. The summed E-state index contributed by atoms with van der Waals surface area (Å²) in [6.45, 7) is 1.55. The highest BCUT2D eigenvalue weighted by Gasteiger charge is 2.41. The quantitative estimate of drug-likeness (QED) is 0.674. The van der Waals surface area contributed by atoms with Crippen molar-refractivity contribution in [1.82, 2.24) is 9.29 Å². The van der Waals surface area contributed by atoms with Gasteiger partial charge in [0.1, 0.15) is 11.4 Å². The van der Waals surface area contributed by atoms with E-state index in [0.717, 1.165) is 15.2 Å². The maximum absolute atomic E-state index is 14.7. The monoisotopic (exact) mass is 411 g/mol. The molecule has 3 N–H and O–H groups in total. The van der Waals surface area contributed by atoms with Crippen LogP contribution in [0.2, 0.25) is 0 Å². The van der Waals surface area contributed by atoms with E-state index in [-0.39, 0.29) is 11.5 Å². The van der Waals surface area contributed by atoms with Gasteiger partial charge in [-0.15, -0.1) is 0 Å². The number of halogens is 1. The van der Waals surface area contributed by atoms with Crippen molar-refractivity contribution in [1.29, 1.82) is 5.26 Å². The molecule has 0 spiro atoms. The van der Waals surface area contributed by atoms with Crippen LogP contribution in [-0.2, 0) is 15.6 Å². The molecule has 0 saturated carbocycles. The number of rotatable bonds is 2. The topological polar surface area (TPSA) is 115 Å². The van der Waals surface area contributed by atoms with Crippen LogP contribution < -0.4 is 5.73 Å². The number of benzene rings is 2. The molecule has 29 heavy (non-hydrogen) atoms. The molecule has 2 aromatic carbocycles. The Morgan fingerprint density at radius 1 is 1.28 bits per heavy atom. The summed E-state index contributed by atoms with van der Waals surface area (Å²) in [5, 5.41) is 9.97. The average molecular weight is 411 g/mol. The minimum Gasteiger partial charge on any atom is -0.369 e. The summed E-state index contributed by atoms with van der Waals surface area (Å²) in [6.07, 6.45) is 0. The number of sulfonamides is 1. The molecule has 0 saturated heterocycles. The van der Waals surface area contributed by atoms with Crippen molar-refractivity contribution in [2.24, 2.45) is 10.7 Å². The molecule has 1 aromatic heterocycles. The standard InChI is InChI=1S/C20H18FN5O2S/c1-20(11-29(27,28)26(2)19(23)25-20)15-8-13(5-6-16(15)21)18-9-14-4-3-12(10-22)7-17(14)24-18/h3-9,24H,11H2,1-2H3,(H2,23,25)/t20-/m0/s1. The first-order valence-electron chi connectivity index (χ1n) is 8.78. The lowest BCUT2D eigenvalue weighted by molar-refractivity contribution is 0.458.